The Labute approximate surface area is 101 Å². The lowest BCUT2D eigenvalue weighted by molar-refractivity contribution is -0.180. The van der Waals surface area contributed by atoms with E-state index in [0.29, 0.717) is 0 Å². The van der Waals surface area contributed by atoms with E-state index in [4.69, 9.17) is 20.4 Å². The van der Waals surface area contributed by atoms with E-state index in [2.05, 4.69) is 0 Å². The van der Waals surface area contributed by atoms with Crippen LogP contribution in [0.25, 0.3) is 0 Å². The fraction of sp³-hybridized carbons (Fsp3) is 0.600. The van der Waals surface area contributed by atoms with Gasteiger partial charge in [0.25, 0.3) is 0 Å². The third-order valence-corrected chi connectivity index (χ3v) is 3.59. The fourth-order valence-electron chi connectivity index (χ4n) is 2.14. The molecule has 0 bridgehead atoms. The highest BCUT2D eigenvalue weighted by atomic mass is 16.4. The van der Waals surface area contributed by atoms with Gasteiger partial charge in [-0.15, -0.1) is 0 Å². The summed E-state index contributed by atoms with van der Waals surface area (Å²) in [5.74, 6) is -6.28. The average molecular weight is 260 g/mol. The molecule has 100 valence electrons. The molecule has 1 aliphatic rings. The van der Waals surface area contributed by atoms with Crippen LogP contribution < -0.4 is 0 Å². The van der Waals surface area contributed by atoms with Gasteiger partial charge in [-0.1, -0.05) is 0 Å². The Kier molecular flexibility index (Phi) is 3.32. The molecule has 0 aromatic heterocycles. The van der Waals surface area contributed by atoms with Crippen molar-refractivity contribution in [1.82, 2.24) is 0 Å². The summed E-state index contributed by atoms with van der Waals surface area (Å²) in [7, 11) is 0. The lowest BCUT2D eigenvalue weighted by Crippen LogP contribution is -2.50. The molecule has 1 saturated carbocycles. The predicted molar refractivity (Wildman–Crippen MR) is 53.9 cm³/mol. The minimum Gasteiger partial charge on any atom is -0.480 e. The van der Waals surface area contributed by atoms with Crippen molar-refractivity contribution in [3.63, 3.8) is 0 Å². The van der Waals surface area contributed by atoms with Crippen molar-refractivity contribution in [3.8, 4) is 0 Å². The molecule has 0 heterocycles. The first-order chi connectivity index (χ1) is 8.19. The van der Waals surface area contributed by atoms with Crippen LogP contribution in [-0.2, 0) is 19.2 Å². The molecule has 0 aliphatic heterocycles. The van der Waals surface area contributed by atoms with Crippen molar-refractivity contribution in [2.75, 3.05) is 0 Å². The van der Waals surface area contributed by atoms with Crippen molar-refractivity contribution < 1.29 is 39.6 Å². The molecule has 1 aliphatic carbocycles. The van der Waals surface area contributed by atoms with Gasteiger partial charge in [-0.25, -0.2) is 0 Å². The third kappa shape index (κ3) is 1.79. The zero-order valence-electron chi connectivity index (χ0n) is 9.25. The molecule has 8 nitrogen and oxygen atoms in total. The first-order valence-electron chi connectivity index (χ1n) is 5.13. The summed E-state index contributed by atoms with van der Waals surface area (Å²) in [5.41, 5.74) is -4.18. The van der Waals surface area contributed by atoms with Gasteiger partial charge in [-0.3, -0.25) is 19.2 Å². The molecule has 1 rings (SSSR count). The van der Waals surface area contributed by atoms with E-state index in [9.17, 15) is 19.2 Å². The molecule has 0 aromatic carbocycles. The zero-order valence-corrected chi connectivity index (χ0v) is 9.25. The molecule has 18 heavy (non-hydrogen) atoms. The van der Waals surface area contributed by atoms with Crippen LogP contribution in [0.2, 0.25) is 0 Å². The Bertz CT molecular complexity index is 344. The maximum absolute atomic E-state index is 11.0. The Morgan fingerprint density at radius 3 is 0.833 bits per heavy atom. The SMILES string of the molecule is O=C(O)C1(C(=O)O)CCC(C(=O)O)(C(=O)O)CC1. The van der Waals surface area contributed by atoms with Crippen molar-refractivity contribution in [2.45, 2.75) is 25.7 Å². The van der Waals surface area contributed by atoms with Gasteiger partial charge in [0.1, 0.15) is 0 Å². The van der Waals surface area contributed by atoms with E-state index in [1.54, 1.807) is 0 Å². The van der Waals surface area contributed by atoms with Crippen molar-refractivity contribution in [3.05, 3.63) is 0 Å². The molecule has 8 heteroatoms. The monoisotopic (exact) mass is 260 g/mol. The summed E-state index contributed by atoms with van der Waals surface area (Å²) in [6.45, 7) is 0. The Hall–Kier alpha value is -2.12. The van der Waals surface area contributed by atoms with E-state index >= 15 is 0 Å². The largest absolute Gasteiger partial charge is 0.480 e. The summed E-state index contributed by atoms with van der Waals surface area (Å²) < 4.78 is 0. The van der Waals surface area contributed by atoms with Crippen LogP contribution in [-0.4, -0.2) is 44.3 Å². The third-order valence-electron chi connectivity index (χ3n) is 3.59. The van der Waals surface area contributed by atoms with E-state index in [1.807, 2.05) is 0 Å². The number of hydrogen-bond donors (Lipinski definition) is 4. The molecule has 0 unspecified atom stereocenters. The van der Waals surface area contributed by atoms with Crippen LogP contribution in [0, 0.1) is 10.8 Å². The van der Waals surface area contributed by atoms with E-state index in [0.717, 1.165) is 0 Å². The number of aliphatic carboxylic acids is 4. The van der Waals surface area contributed by atoms with Gasteiger partial charge in [-0.2, -0.15) is 0 Å². The maximum atomic E-state index is 11.0. The highest BCUT2D eigenvalue weighted by molar-refractivity contribution is 6.01. The molecular formula is C10H12O8. The topological polar surface area (TPSA) is 149 Å². The average Bonchev–Trinajstić information content (AvgIpc) is 2.27. The molecule has 4 N–H and O–H groups in total. The highest BCUT2D eigenvalue weighted by Crippen LogP contribution is 2.46. The van der Waals surface area contributed by atoms with Gasteiger partial charge in [-0.05, 0) is 25.7 Å². The highest BCUT2D eigenvalue weighted by Gasteiger charge is 2.58. The second kappa shape index (κ2) is 4.28. The van der Waals surface area contributed by atoms with E-state index in [1.165, 1.54) is 0 Å². The van der Waals surface area contributed by atoms with Gasteiger partial charge in [0, 0.05) is 0 Å². The summed E-state index contributed by atoms with van der Waals surface area (Å²) in [6.07, 6.45) is -2.07. The number of carbonyl (C=O) groups is 4. The second-order valence-corrected chi connectivity index (χ2v) is 4.38. The van der Waals surface area contributed by atoms with Gasteiger partial charge in [0.2, 0.25) is 0 Å². The second-order valence-electron chi connectivity index (χ2n) is 4.38. The van der Waals surface area contributed by atoms with Crippen LogP contribution in [0.15, 0.2) is 0 Å². The van der Waals surface area contributed by atoms with Crippen molar-refractivity contribution in [2.24, 2.45) is 10.8 Å². The van der Waals surface area contributed by atoms with E-state index < -0.39 is 60.4 Å². The number of carboxylic acids is 4. The van der Waals surface area contributed by atoms with Gasteiger partial charge < -0.3 is 20.4 Å². The number of carboxylic acid groups (broad SMARTS) is 4. The first kappa shape index (κ1) is 13.9. The molecule has 0 aromatic rings. The Morgan fingerprint density at radius 1 is 0.556 bits per heavy atom. The summed E-state index contributed by atoms with van der Waals surface area (Å²) in [5, 5.41) is 35.7. The summed E-state index contributed by atoms with van der Waals surface area (Å²) >= 11 is 0. The first-order valence-corrected chi connectivity index (χ1v) is 5.13. The van der Waals surface area contributed by atoms with Crippen LogP contribution in [0.3, 0.4) is 0 Å². The number of rotatable bonds is 4. The lowest BCUT2D eigenvalue weighted by Gasteiger charge is -2.37. The predicted octanol–water partition coefficient (Wildman–Crippen LogP) is -0.128. The molecule has 0 spiro atoms. The summed E-state index contributed by atoms with van der Waals surface area (Å²) in [6, 6.07) is 0. The normalized spacial score (nSPS) is 20.9. The Morgan fingerprint density at radius 2 is 0.722 bits per heavy atom. The standard InChI is InChI=1S/C10H12O8/c11-5(12)9(6(13)14)1-2-10(4-3-9,7(15)16)8(17)18/h1-4H2,(H,11,12)(H,13,14)(H,15,16)(H,17,18). The molecule has 0 atom stereocenters. The maximum Gasteiger partial charge on any atom is 0.321 e. The minimum atomic E-state index is -2.09. The summed E-state index contributed by atoms with van der Waals surface area (Å²) in [4.78, 5) is 44.0. The van der Waals surface area contributed by atoms with Crippen LogP contribution in [0.4, 0.5) is 0 Å². The molecule has 0 amide bonds. The quantitative estimate of drug-likeness (QED) is 0.510. The molecule has 0 saturated heterocycles. The lowest BCUT2D eigenvalue weighted by atomic mass is 9.63. The van der Waals surface area contributed by atoms with E-state index in [-0.39, 0.29) is 0 Å². The zero-order chi connectivity index (χ0) is 14.1. The van der Waals surface area contributed by atoms with Crippen LogP contribution in [0.5, 0.6) is 0 Å². The van der Waals surface area contributed by atoms with Gasteiger partial charge in [0.05, 0.1) is 0 Å². The smallest absolute Gasteiger partial charge is 0.321 e. The van der Waals surface area contributed by atoms with Crippen molar-refractivity contribution in [1.29, 1.82) is 0 Å². The van der Waals surface area contributed by atoms with Gasteiger partial charge >= 0.3 is 23.9 Å². The van der Waals surface area contributed by atoms with Crippen LogP contribution in [0.1, 0.15) is 25.7 Å². The van der Waals surface area contributed by atoms with Crippen molar-refractivity contribution >= 4 is 23.9 Å². The van der Waals surface area contributed by atoms with Crippen LogP contribution >= 0.6 is 0 Å². The molecule has 0 radical (unpaired) electrons. The minimum absolute atomic E-state index is 0.518. The Balaban J connectivity index is 3.06. The van der Waals surface area contributed by atoms with Gasteiger partial charge in [0.15, 0.2) is 10.8 Å². The molecular weight excluding hydrogens is 248 g/mol. The molecule has 1 fully saturated rings. The number of hydrogen-bond acceptors (Lipinski definition) is 4. The fourth-order valence-corrected chi connectivity index (χ4v) is 2.14.